The van der Waals surface area contributed by atoms with Gasteiger partial charge in [0.2, 0.25) is 0 Å². The monoisotopic (exact) mass is 267 g/mol. The quantitative estimate of drug-likeness (QED) is 0.816. The standard InChI is InChI=1S/C16H17N3O/c1-20-15-6-2-4-13(10-15)7-9-18-12-14-5-3-8-19-16(14)11-17/h2-6,8,10,18H,7,9,12H2,1H3. The number of hydrogen-bond donors (Lipinski definition) is 1. The van der Waals surface area contributed by atoms with E-state index in [-0.39, 0.29) is 0 Å². The Hall–Kier alpha value is -2.38. The van der Waals surface area contributed by atoms with Gasteiger partial charge in [0, 0.05) is 18.3 Å². The smallest absolute Gasteiger partial charge is 0.144 e. The highest BCUT2D eigenvalue weighted by atomic mass is 16.5. The molecule has 2 aromatic rings. The lowest BCUT2D eigenvalue weighted by Crippen LogP contribution is -2.17. The number of nitrogens with one attached hydrogen (secondary N) is 1. The van der Waals surface area contributed by atoms with E-state index in [9.17, 15) is 0 Å². The maximum atomic E-state index is 8.96. The van der Waals surface area contributed by atoms with E-state index in [1.165, 1.54) is 5.56 Å². The molecule has 4 nitrogen and oxygen atoms in total. The molecule has 0 amide bonds. The van der Waals surface area contributed by atoms with Crippen LogP contribution in [0.2, 0.25) is 0 Å². The molecule has 0 radical (unpaired) electrons. The molecule has 20 heavy (non-hydrogen) atoms. The minimum absolute atomic E-state index is 0.487. The number of ether oxygens (including phenoxy) is 1. The molecule has 0 saturated carbocycles. The molecule has 0 aliphatic carbocycles. The predicted octanol–water partition coefficient (Wildman–Crippen LogP) is 2.29. The predicted molar refractivity (Wildman–Crippen MR) is 77.4 cm³/mol. The van der Waals surface area contributed by atoms with Gasteiger partial charge in [-0.25, -0.2) is 4.98 Å². The molecule has 0 atom stereocenters. The van der Waals surface area contributed by atoms with Crippen molar-refractivity contribution in [2.24, 2.45) is 0 Å². The van der Waals surface area contributed by atoms with Gasteiger partial charge >= 0.3 is 0 Å². The highest BCUT2D eigenvalue weighted by molar-refractivity contribution is 5.30. The zero-order chi connectivity index (χ0) is 14.2. The normalized spacial score (nSPS) is 10.0. The molecule has 4 heteroatoms. The molecule has 0 bridgehead atoms. The second-order valence-electron chi connectivity index (χ2n) is 4.40. The summed E-state index contributed by atoms with van der Waals surface area (Å²) >= 11 is 0. The molecule has 0 aliphatic heterocycles. The molecule has 102 valence electrons. The maximum Gasteiger partial charge on any atom is 0.144 e. The fourth-order valence-corrected chi connectivity index (χ4v) is 1.97. The van der Waals surface area contributed by atoms with E-state index >= 15 is 0 Å². The number of aromatic nitrogens is 1. The average molecular weight is 267 g/mol. The largest absolute Gasteiger partial charge is 0.497 e. The first kappa shape index (κ1) is 14.0. The van der Waals surface area contributed by atoms with E-state index in [1.54, 1.807) is 13.3 Å². The second-order valence-corrected chi connectivity index (χ2v) is 4.40. The van der Waals surface area contributed by atoms with E-state index < -0.39 is 0 Å². The van der Waals surface area contributed by atoms with E-state index in [2.05, 4.69) is 22.4 Å². The Morgan fingerprint density at radius 2 is 2.20 bits per heavy atom. The van der Waals surface area contributed by atoms with Gasteiger partial charge in [0.05, 0.1) is 7.11 Å². The maximum absolute atomic E-state index is 8.96. The first-order valence-corrected chi connectivity index (χ1v) is 6.51. The summed E-state index contributed by atoms with van der Waals surface area (Å²) in [5.74, 6) is 0.876. The lowest BCUT2D eigenvalue weighted by molar-refractivity contribution is 0.414. The van der Waals surface area contributed by atoms with Crippen molar-refractivity contribution in [2.45, 2.75) is 13.0 Å². The third-order valence-corrected chi connectivity index (χ3v) is 3.04. The molecule has 2 rings (SSSR count). The van der Waals surface area contributed by atoms with E-state index in [0.717, 1.165) is 24.3 Å². The molecule has 1 N–H and O–H groups in total. The Morgan fingerprint density at radius 1 is 1.30 bits per heavy atom. The Kier molecular flexibility index (Phi) is 5.10. The molecular weight excluding hydrogens is 250 g/mol. The number of rotatable bonds is 6. The van der Waals surface area contributed by atoms with Crippen LogP contribution in [0.4, 0.5) is 0 Å². The molecule has 0 aliphatic rings. The van der Waals surface area contributed by atoms with Crippen LogP contribution in [0, 0.1) is 11.3 Å². The van der Waals surface area contributed by atoms with Gasteiger partial charge in [-0.2, -0.15) is 5.26 Å². The highest BCUT2D eigenvalue weighted by Crippen LogP contribution is 2.12. The first-order chi connectivity index (χ1) is 9.83. The first-order valence-electron chi connectivity index (χ1n) is 6.51. The number of benzene rings is 1. The molecular formula is C16H17N3O. The van der Waals surface area contributed by atoms with Crippen molar-refractivity contribution in [3.63, 3.8) is 0 Å². The topological polar surface area (TPSA) is 57.9 Å². The van der Waals surface area contributed by atoms with E-state index in [1.807, 2.05) is 30.3 Å². The van der Waals surface area contributed by atoms with Gasteiger partial charge in [0.1, 0.15) is 17.5 Å². The van der Waals surface area contributed by atoms with Crippen LogP contribution in [0.3, 0.4) is 0 Å². The Balaban J connectivity index is 1.83. The zero-order valence-electron chi connectivity index (χ0n) is 11.5. The van der Waals surface area contributed by atoms with Crippen molar-refractivity contribution in [3.8, 4) is 11.8 Å². The van der Waals surface area contributed by atoms with Gasteiger partial charge in [0.15, 0.2) is 0 Å². The number of nitriles is 1. The SMILES string of the molecule is COc1cccc(CCNCc2cccnc2C#N)c1. The molecule has 1 aromatic heterocycles. The van der Waals surface area contributed by atoms with Crippen molar-refractivity contribution in [2.75, 3.05) is 13.7 Å². The fourth-order valence-electron chi connectivity index (χ4n) is 1.97. The molecule has 0 spiro atoms. The molecule has 0 unspecified atom stereocenters. The molecule has 1 heterocycles. The lowest BCUT2D eigenvalue weighted by atomic mass is 10.1. The van der Waals surface area contributed by atoms with Gasteiger partial charge in [0.25, 0.3) is 0 Å². The second kappa shape index (κ2) is 7.27. The summed E-state index contributed by atoms with van der Waals surface area (Å²) < 4.78 is 5.20. The van der Waals surface area contributed by atoms with Crippen molar-refractivity contribution >= 4 is 0 Å². The van der Waals surface area contributed by atoms with E-state index in [4.69, 9.17) is 10.00 Å². The Bertz CT molecular complexity index is 605. The average Bonchev–Trinajstić information content (AvgIpc) is 2.52. The molecule has 0 saturated heterocycles. The summed E-state index contributed by atoms with van der Waals surface area (Å²) in [6, 6.07) is 13.9. The summed E-state index contributed by atoms with van der Waals surface area (Å²) in [4.78, 5) is 4.04. The third-order valence-electron chi connectivity index (χ3n) is 3.04. The van der Waals surface area contributed by atoms with Crippen LogP contribution >= 0.6 is 0 Å². The van der Waals surface area contributed by atoms with Crippen LogP contribution in [-0.2, 0) is 13.0 Å². The highest BCUT2D eigenvalue weighted by Gasteiger charge is 2.01. The molecule has 0 fully saturated rings. The summed E-state index contributed by atoms with van der Waals surface area (Å²) in [6.45, 7) is 1.49. The van der Waals surface area contributed by atoms with Gasteiger partial charge in [-0.15, -0.1) is 0 Å². The summed E-state index contributed by atoms with van der Waals surface area (Å²) in [6.07, 6.45) is 2.55. The van der Waals surface area contributed by atoms with Crippen LogP contribution in [0.15, 0.2) is 42.6 Å². The number of hydrogen-bond acceptors (Lipinski definition) is 4. The van der Waals surface area contributed by atoms with Crippen molar-refractivity contribution in [1.82, 2.24) is 10.3 Å². The van der Waals surface area contributed by atoms with Crippen LogP contribution in [0.1, 0.15) is 16.8 Å². The number of methoxy groups -OCH3 is 1. The van der Waals surface area contributed by atoms with Crippen molar-refractivity contribution in [1.29, 1.82) is 5.26 Å². The van der Waals surface area contributed by atoms with Crippen molar-refractivity contribution < 1.29 is 4.74 Å². The molecule has 1 aromatic carbocycles. The lowest BCUT2D eigenvalue weighted by Gasteiger charge is -2.07. The van der Waals surface area contributed by atoms with Gasteiger partial charge in [-0.3, -0.25) is 0 Å². The summed E-state index contributed by atoms with van der Waals surface area (Å²) in [5, 5.41) is 12.3. The number of pyridine rings is 1. The zero-order valence-corrected chi connectivity index (χ0v) is 11.5. The van der Waals surface area contributed by atoms with Gasteiger partial charge < -0.3 is 10.1 Å². The summed E-state index contributed by atoms with van der Waals surface area (Å²) in [7, 11) is 1.67. The van der Waals surface area contributed by atoms with Crippen LogP contribution in [0.25, 0.3) is 0 Å². The number of nitrogens with zero attached hydrogens (tertiary/aromatic N) is 2. The van der Waals surface area contributed by atoms with E-state index in [0.29, 0.717) is 12.2 Å². The Labute approximate surface area is 119 Å². The Morgan fingerprint density at radius 3 is 3.00 bits per heavy atom. The van der Waals surface area contributed by atoms with Gasteiger partial charge in [-0.05, 0) is 36.7 Å². The van der Waals surface area contributed by atoms with Gasteiger partial charge in [-0.1, -0.05) is 18.2 Å². The van der Waals surface area contributed by atoms with Crippen LogP contribution in [0.5, 0.6) is 5.75 Å². The van der Waals surface area contributed by atoms with Crippen LogP contribution in [-0.4, -0.2) is 18.6 Å². The minimum atomic E-state index is 0.487. The van der Waals surface area contributed by atoms with Crippen molar-refractivity contribution in [3.05, 3.63) is 59.4 Å². The fraction of sp³-hybridized carbons (Fsp3) is 0.250. The minimum Gasteiger partial charge on any atom is -0.497 e. The third kappa shape index (κ3) is 3.81. The summed E-state index contributed by atoms with van der Waals surface area (Å²) in [5.41, 5.74) is 2.64. The van der Waals surface area contributed by atoms with Crippen LogP contribution < -0.4 is 10.1 Å².